The van der Waals surface area contributed by atoms with Crippen LogP contribution in [0.25, 0.3) is 10.2 Å². The molecule has 0 atom stereocenters. The van der Waals surface area contributed by atoms with Gasteiger partial charge in [0.25, 0.3) is 5.56 Å². The van der Waals surface area contributed by atoms with Crippen molar-refractivity contribution >= 4 is 33.2 Å². The summed E-state index contributed by atoms with van der Waals surface area (Å²) in [6.07, 6.45) is 1.51. The van der Waals surface area contributed by atoms with E-state index in [0.29, 0.717) is 5.69 Å². The molecule has 0 aliphatic rings. The molecule has 0 spiro atoms. The number of benzene rings is 2. The number of anilines is 2. The lowest BCUT2D eigenvalue weighted by atomic mass is 10.2. The molecule has 0 amide bonds. The van der Waals surface area contributed by atoms with Crippen molar-refractivity contribution in [1.82, 2.24) is 14.5 Å². The summed E-state index contributed by atoms with van der Waals surface area (Å²) in [5.74, 6) is -3.94. The molecule has 0 fully saturated rings. The van der Waals surface area contributed by atoms with Gasteiger partial charge >= 0.3 is 0 Å². The van der Waals surface area contributed by atoms with Gasteiger partial charge in [-0.1, -0.05) is 0 Å². The molecule has 0 saturated carbocycles. The van der Waals surface area contributed by atoms with Gasteiger partial charge in [0.15, 0.2) is 17.5 Å². The summed E-state index contributed by atoms with van der Waals surface area (Å²) in [4.78, 5) is 21.0. The van der Waals surface area contributed by atoms with E-state index in [0.717, 1.165) is 32.9 Å². The van der Waals surface area contributed by atoms with Gasteiger partial charge in [-0.05, 0) is 49.2 Å². The van der Waals surface area contributed by atoms with Gasteiger partial charge in [0, 0.05) is 19.0 Å². The number of nitrogens with zero attached hydrogens (tertiary/aromatic N) is 3. The number of methoxy groups -OCH3 is 1. The fraction of sp³-hybridized carbons (Fsp3) is 0.227. The van der Waals surface area contributed by atoms with Crippen LogP contribution in [-0.2, 0) is 17.9 Å². The van der Waals surface area contributed by atoms with Crippen LogP contribution < -0.4 is 10.9 Å². The van der Waals surface area contributed by atoms with Crippen LogP contribution in [0.1, 0.15) is 21.7 Å². The first-order valence-corrected chi connectivity index (χ1v) is 10.4. The number of halogens is 3. The van der Waals surface area contributed by atoms with Gasteiger partial charge in [-0.15, -0.1) is 11.3 Å². The zero-order valence-electron chi connectivity index (χ0n) is 17.5. The molecule has 0 aliphatic carbocycles. The minimum Gasteiger partial charge on any atom is -0.380 e. The average Bonchev–Trinajstić information content (AvgIpc) is 3.08. The lowest BCUT2D eigenvalue weighted by molar-refractivity contribution is 0.183. The maximum atomic E-state index is 13.7. The third-order valence-electron chi connectivity index (χ3n) is 4.85. The Morgan fingerprint density at radius 2 is 1.81 bits per heavy atom. The number of thiazole rings is 1. The molecule has 0 bridgehead atoms. The van der Waals surface area contributed by atoms with Crippen molar-refractivity contribution in [3.05, 3.63) is 80.0 Å². The minimum atomic E-state index is -1.53. The average molecular weight is 460 g/mol. The number of hydrogen-bond donors (Lipinski definition) is 1. The van der Waals surface area contributed by atoms with Crippen molar-refractivity contribution in [1.29, 1.82) is 0 Å². The number of aryl methyl sites for hydroxylation is 2. The SMILES string of the molecule is COCc1cn(Cc2cc(F)c(F)c(F)c2)c(Nc2cc3sc(C)nc3cc2C)nc1=O. The fourth-order valence-electron chi connectivity index (χ4n) is 3.36. The van der Waals surface area contributed by atoms with Crippen LogP contribution >= 0.6 is 11.3 Å². The molecule has 10 heteroatoms. The molecule has 6 nitrogen and oxygen atoms in total. The number of fused-ring (bicyclic) bond motifs is 1. The normalized spacial score (nSPS) is 11.3. The summed E-state index contributed by atoms with van der Waals surface area (Å²) in [6, 6.07) is 5.65. The molecule has 0 aliphatic heterocycles. The van der Waals surface area contributed by atoms with Gasteiger partial charge in [-0.25, -0.2) is 18.2 Å². The molecule has 0 radical (unpaired) electrons. The molecule has 0 unspecified atom stereocenters. The predicted molar refractivity (Wildman–Crippen MR) is 117 cm³/mol. The van der Waals surface area contributed by atoms with Crippen molar-refractivity contribution in [3.63, 3.8) is 0 Å². The highest BCUT2D eigenvalue weighted by atomic mass is 32.1. The highest BCUT2D eigenvalue weighted by Gasteiger charge is 2.15. The van der Waals surface area contributed by atoms with E-state index in [1.165, 1.54) is 29.2 Å². The molecule has 4 rings (SSSR count). The minimum absolute atomic E-state index is 0.0172. The van der Waals surface area contributed by atoms with Crippen molar-refractivity contribution in [3.8, 4) is 0 Å². The van der Waals surface area contributed by atoms with Crippen molar-refractivity contribution in [2.75, 3.05) is 12.4 Å². The van der Waals surface area contributed by atoms with Gasteiger partial charge < -0.3 is 14.6 Å². The molecule has 2 heterocycles. The first-order chi connectivity index (χ1) is 15.2. The van der Waals surface area contributed by atoms with Crippen LogP contribution in [0.3, 0.4) is 0 Å². The zero-order chi connectivity index (χ0) is 23.0. The summed E-state index contributed by atoms with van der Waals surface area (Å²) < 4.78 is 48.4. The second kappa shape index (κ2) is 8.71. The second-order valence-corrected chi connectivity index (χ2v) is 8.56. The van der Waals surface area contributed by atoms with Crippen molar-refractivity contribution < 1.29 is 17.9 Å². The van der Waals surface area contributed by atoms with Crippen LogP contribution in [-0.4, -0.2) is 21.6 Å². The van der Waals surface area contributed by atoms with Gasteiger partial charge in [0.2, 0.25) is 5.95 Å². The highest BCUT2D eigenvalue weighted by molar-refractivity contribution is 7.18. The van der Waals surface area contributed by atoms with E-state index in [-0.39, 0.29) is 30.2 Å². The molecule has 2 aromatic carbocycles. The Labute approximate surface area is 185 Å². The predicted octanol–water partition coefficient (Wildman–Crippen LogP) is 4.83. The van der Waals surface area contributed by atoms with E-state index < -0.39 is 23.0 Å². The molecular formula is C22H19F3N4O2S. The van der Waals surface area contributed by atoms with Crippen molar-refractivity contribution in [2.45, 2.75) is 27.0 Å². The monoisotopic (exact) mass is 460 g/mol. The smallest absolute Gasteiger partial charge is 0.279 e. The Morgan fingerprint density at radius 1 is 1.09 bits per heavy atom. The molecule has 2 aromatic heterocycles. The molecule has 0 saturated heterocycles. The zero-order valence-corrected chi connectivity index (χ0v) is 18.3. The van der Waals surface area contributed by atoms with Gasteiger partial charge in [0.05, 0.1) is 33.9 Å². The Balaban J connectivity index is 1.78. The molecule has 32 heavy (non-hydrogen) atoms. The first kappa shape index (κ1) is 22.0. The van der Waals surface area contributed by atoms with Crippen LogP contribution in [0.2, 0.25) is 0 Å². The largest absolute Gasteiger partial charge is 0.380 e. The maximum absolute atomic E-state index is 13.7. The van der Waals surface area contributed by atoms with Crippen LogP contribution in [0.5, 0.6) is 0 Å². The van der Waals surface area contributed by atoms with E-state index in [1.807, 2.05) is 26.0 Å². The third kappa shape index (κ3) is 4.37. The Bertz CT molecular complexity index is 1360. The summed E-state index contributed by atoms with van der Waals surface area (Å²) in [5.41, 5.74) is 2.40. The van der Waals surface area contributed by atoms with E-state index in [9.17, 15) is 18.0 Å². The highest BCUT2D eigenvalue weighted by Crippen LogP contribution is 2.29. The quantitative estimate of drug-likeness (QED) is 0.418. The van der Waals surface area contributed by atoms with E-state index in [4.69, 9.17) is 4.74 Å². The third-order valence-corrected chi connectivity index (χ3v) is 5.78. The molecule has 166 valence electrons. The first-order valence-electron chi connectivity index (χ1n) is 9.62. The molecule has 1 N–H and O–H groups in total. The Kier molecular flexibility index (Phi) is 5.98. The molecular weight excluding hydrogens is 441 g/mol. The van der Waals surface area contributed by atoms with Crippen LogP contribution in [0, 0.1) is 31.3 Å². The lowest BCUT2D eigenvalue weighted by Gasteiger charge is -2.17. The lowest BCUT2D eigenvalue weighted by Crippen LogP contribution is -2.21. The Hall–Kier alpha value is -3.24. The topological polar surface area (TPSA) is 69.0 Å². The fourth-order valence-corrected chi connectivity index (χ4v) is 4.20. The summed E-state index contributed by atoms with van der Waals surface area (Å²) in [5, 5.41) is 4.07. The van der Waals surface area contributed by atoms with E-state index in [1.54, 1.807) is 0 Å². The Morgan fingerprint density at radius 3 is 2.50 bits per heavy atom. The van der Waals surface area contributed by atoms with E-state index in [2.05, 4.69) is 15.3 Å². The number of aromatic nitrogens is 3. The maximum Gasteiger partial charge on any atom is 0.279 e. The summed E-state index contributed by atoms with van der Waals surface area (Å²) >= 11 is 1.53. The molecule has 4 aromatic rings. The van der Waals surface area contributed by atoms with Gasteiger partial charge in [0.1, 0.15) is 0 Å². The van der Waals surface area contributed by atoms with Crippen molar-refractivity contribution in [2.24, 2.45) is 0 Å². The summed E-state index contributed by atoms with van der Waals surface area (Å²) in [7, 11) is 1.44. The number of nitrogens with one attached hydrogen (secondary N) is 1. The number of ether oxygens (including phenoxy) is 1. The summed E-state index contributed by atoms with van der Waals surface area (Å²) in [6.45, 7) is 3.77. The van der Waals surface area contributed by atoms with Gasteiger partial charge in [-0.3, -0.25) is 4.79 Å². The standard InChI is InChI=1S/C22H19F3N4O2S/c1-11-4-18-19(32-12(2)26-18)7-17(11)27-22-28-21(30)14(10-31-3)9-29(22)8-13-5-15(23)20(25)16(24)6-13/h4-7,9H,8,10H2,1-3H3,(H,27,28,30). The number of hydrogen-bond acceptors (Lipinski definition) is 6. The van der Waals surface area contributed by atoms with Crippen LogP contribution in [0.4, 0.5) is 24.8 Å². The second-order valence-electron chi connectivity index (χ2n) is 7.32. The number of rotatable bonds is 6. The van der Waals surface area contributed by atoms with Gasteiger partial charge in [-0.2, -0.15) is 4.98 Å². The van der Waals surface area contributed by atoms with Crippen LogP contribution in [0.15, 0.2) is 35.3 Å². The van der Waals surface area contributed by atoms with E-state index >= 15 is 0 Å².